The number of carbonyl (C=O) groups is 2. The van der Waals surface area contributed by atoms with Gasteiger partial charge in [0, 0.05) is 7.11 Å². The van der Waals surface area contributed by atoms with Crippen LogP contribution in [0.5, 0.6) is 0 Å². The normalized spacial score (nSPS) is 11.2. The summed E-state index contributed by atoms with van der Waals surface area (Å²) in [4.78, 5) is 23.7. The molecular weight excluding hydrogens is 264 g/mol. The fraction of sp³-hybridized carbons (Fsp3) is 0.615. The van der Waals surface area contributed by atoms with E-state index in [1.54, 1.807) is 27.7 Å². The Morgan fingerprint density at radius 2 is 2.00 bits per heavy atom. The van der Waals surface area contributed by atoms with Crippen molar-refractivity contribution >= 4 is 12.1 Å². The van der Waals surface area contributed by atoms with Crippen molar-refractivity contribution in [2.45, 2.75) is 39.9 Å². The van der Waals surface area contributed by atoms with Gasteiger partial charge in [-0.1, -0.05) is 0 Å². The standard InChI is InChI=1S/C13H20N2O5/c1-6-19-11(16)10-7-9(8-18-5)15(14-10)12(17)20-13(2,3)4/h7H,6,8H2,1-5H3. The maximum absolute atomic E-state index is 12.0. The van der Waals surface area contributed by atoms with Crippen LogP contribution in [-0.4, -0.2) is 41.2 Å². The van der Waals surface area contributed by atoms with Gasteiger partial charge in [-0.2, -0.15) is 9.78 Å². The summed E-state index contributed by atoms with van der Waals surface area (Å²) >= 11 is 0. The maximum Gasteiger partial charge on any atom is 0.435 e. The summed E-state index contributed by atoms with van der Waals surface area (Å²) < 4.78 is 16.1. The van der Waals surface area contributed by atoms with E-state index in [9.17, 15) is 9.59 Å². The van der Waals surface area contributed by atoms with Crippen molar-refractivity contribution < 1.29 is 23.8 Å². The van der Waals surface area contributed by atoms with Crippen LogP contribution in [0.1, 0.15) is 43.9 Å². The summed E-state index contributed by atoms with van der Waals surface area (Å²) in [5.41, 5.74) is -0.188. The third kappa shape index (κ3) is 4.34. The van der Waals surface area contributed by atoms with E-state index in [1.807, 2.05) is 0 Å². The highest BCUT2D eigenvalue weighted by Gasteiger charge is 2.23. The zero-order chi connectivity index (χ0) is 15.3. The highest BCUT2D eigenvalue weighted by molar-refractivity contribution is 5.88. The lowest BCUT2D eigenvalue weighted by Gasteiger charge is -2.19. The smallest absolute Gasteiger partial charge is 0.435 e. The Balaban J connectivity index is 3.04. The van der Waals surface area contributed by atoms with Gasteiger partial charge in [-0.15, -0.1) is 0 Å². The van der Waals surface area contributed by atoms with Crippen LogP contribution in [0.3, 0.4) is 0 Å². The summed E-state index contributed by atoms with van der Waals surface area (Å²) in [7, 11) is 1.48. The number of esters is 1. The number of carbonyl (C=O) groups excluding carboxylic acids is 2. The predicted molar refractivity (Wildman–Crippen MR) is 70.5 cm³/mol. The van der Waals surface area contributed by atoms with Crippen molar-refractivity contribution in [2.24, 2.45) is 0 Å². The second-order valence-corrected chi connectivity index (χ2v) is 5.07. The Morgan fingerprint density at radius 3 is 2.50 bits per heavy atom. The molecule has 0 fully saturated rings. The van der Waals surface area contributed by atoms with E-state index < -0.39 is 17.7 Å². The van der Waals surface area contributed by atoms with Crippen molar-refractivity contribution in [3.05, 3.63) is 17.5 Å². The average Bonchev–Trinajstić information content (AvgIpc) is 2.72. The van der Waals surface area contributed by atoms with Crippen LogP contribution in [0.25, 0.3) is 0 Å². The van der Waals surface area contributed by atoms with Crippen LogP contribution >= 0.6 is 0 Å². The lowest BCUT2D eigenvalue weighted by Crippen LogP contribution is -2.29. The van der Waals surface area contributed by atoms with Crippen LogP contribution < -0.4 is 0 Å². The quantitative estimate of drug-likeness (QED) is 0.787. The van der Waals surface area contributed by atoms with E-state index in [1.165, 1.54) is 13.2 Å². The largest absolute Gasteiger partial charge is 0.461 e. The van der Waals surface area contributed by atoms with Gasteiger partial charge < -0.3 is 14.2 Å². The molecule has 0 bridgehead atoms. The first-order valence-corrected chi connectivity index (χ1v) is 6.27. The molecule has 0 saturated heterocycles. The van der Waals surface area contributed by atoms with E-state index in [2.05, 4.69) is 5.10 Å². The van der Waals surface area contributed by atoms with Crippen molar-refractivity contribution in [3.63, 3.8) is 0 Å². The number of aromatic nitrogens is 2. The van der Waals surface area contributed by atoms with Crippen LogP contribution in [0.2, 0.25) is 0 Å². The molecule has 7 heteroatoms. The van der Waals surface area contributed by atoms with Crippen molar-refractivity contribution in [3.8, 4) is 0 Å². The van der Waals surface area contributed by atoms with Crippen molar-refractivity contribution in [2.75, 3.05) is 13.7 Å². The monoisotopic (exact) mass is 284 g/mol. The highest BCUT2D eigenvalue weighted by atomic mass is 16.6. The fourth-order valence-corrected chi connectivity index (χ4v) is 1.44. The molecule has 0 aliphatic rings. The Bertz CT molecular complexity index is 487. The van der Waals surface area contributed by atoms with Gasteiger partial charge >= 0.3 is 12.1 Å². The second-order valence-electron chi connectivity index (χ2n) is 5.07. The minimum atomic E-state index is -0.667. The summed E-state index contributed by atoms with van der Waals surface area (Å²) in [5, 5.41) is 3.92. The molecular formula is C13H20N2O5. The molecule has 20 heavy (non-hydrogen) atoms. The summed E-state index contributed by atoms with van der Waals surface area (Å²) in [6.07, 6.45) is -0.667. The molecule has 0 amide bonds. The molecule has 0 saturated carbocycles. The molecule has 0 spiro atoms. The molecule has 1 rings (SSSR count). The van der Waals surface area contributed by atoms with Crippen molar-refractivity contribution in [1.29, 1.82) is 0 Å². The summed E-state index contributed by atoms with van der Waals surface area (Å²) in [6.45, 7) is 7.30. The van der Waals surface area contributed by atoms with Crippen LogP contribution in [-0.2, 0) is 20.8 Å². The minimum absolute atomic E-state index is 0.0461. The van der Waals surface area contributed by atoms with Crippen LogP contribution in [0.15, 0.2) is 6.07 Å². The molecule has 1 aromatic heterocycles. The second kappa shape index (κ2) is 6.51. The first kappa shape index (κ1) is 16.2. The number of hydrogen-bond acceptors (Lipinski definition) is 6. The number of nitrogens with zero attached hydrogens (tertiary/aromatic N) is 2. The van der Waals surface area contributed by atoms with Gasteiger partial charge in [0.2, 0.25) is 0 Å². The lowest BCUT2D eigenvalue weighted by atomic mass is 10.2. The van der Waals surface area contributed by atoms with Gasteiger partial charge in [-0.25, -0.2) is 9.59 Å². The molecule has 1 aromatic rings. The minimum Gasteiger partial charge on any atom is -0.461 e. The van der Waals surface area contributed by atoms with Gasteiger partial charge in [-0.3, -0.25) is 0 Å². The summed E-state index contributed by atoms with van der Waals surface area (Å²) in [6, 6.07) is 1.45. The van der Waals surface area contributed by atoms with E-state index in [-0.39, 0.29) is 18.9 Å². The third-order valence-corrected chi connectivity index (χ3v) is 2.13. The first-order valence-electron chi connectivity index (χ1n) is 6.27. The van der Waals surface area contributed by atoms with Crippen molar-refractivity contribution in [1.82, 2.24) is 9.78 Å². The zero-order valence-corrected chi connectivity index (χ0v) is 12.4. The van der Waals surface area contributed by atoms with E-state index in [4.69, 9.17) is 14.2 Å². The molecule has 0 unspecified atom stereocenters. The Morgan fingerprint density at radius 1 is 1.35 bits per heavy atom. The van der Waals surface area contributed by atoms with Gasteiger partial charge in [-0.05, 0) is 33.8 Å². The summed E-state index contributed by atoms with van der Waals surface area (Å²) in [5.74, 6) is -0.591. The van der Waals surface area contributed by atoms with Crippen LogP contribution in [0.4, 0.5) is 4.79 Å². The van der Waals surface area contributed by atoms with Gasteiger partial charge in [0.1, 0.15) is 5.60 Å². The molecule has 0 atom stereocenters. The topological polar surface area (TPSA) is 79.7 Å². The Hall–Kier alpha value is -1.89. The molecule has 112 valence electrons. The zero-order valence-electron chi connectivity index (χ0n) is 12.4. The Kier molecular flexibility index (Phi) is 5.26. The van der Waals surface area contributed by atoms with Gasteiger partial charge in [0.15, 0.2) is 5.69 Å². The molecule has 0 aliphatic carbocycles. The first-order chi connectivity index (χ1) is 9.28. The van der Waals surface area contributed by atoms with E-state index >= 15 is 0 Å². The molecule has 0 aromatic carbocycles. The lowest BCUT2D eigenvalue weighted by molar-refractivity contribution is 0.0489. The maximum atomic E-state index is 12.0. The number of methoxy groups -OCH3 is 1. The van der Waals surface area contributed by atoms with Gasteiger partial charge in [0.25, 0.3) is 0 Å². The van der Waals surface area contributed by atoms with Crippen LogP contribution in [0, 0.1) is 0 Å². The Labute approximate surface area is 117 Å². The molecule has 0 aliphatic heterocycles. The van der Waals surface area contributed by atoms with E-state index in [0.29, 0.717) is 5.69 Å². The fourth-order valence-electron chi connectivity index (χ4n) is 1.44. The van der Waals surface area contributed by atoms with E-state index in [0.717, 1.165) is 4.68 Å². The predicted octanol–water partition coefficient (Wildman–Crippen LogP) is 1.99. The van der Waals surface area contributed by atoms with Gasteiger partial charge in [0.05, 0.1) is 18.9 Å². The molecule has 0 N–H and O–H groups in total. The SMILES string of the molecule is CCOC(=O)c1cc(COC)n(C(=O)OC(C)(C)C)n1. The third-order valence-electron chi connectivity index (χ3n) is 2.13. The number of rotatable bonds is 4. The molecule has 7 nitrogen and oxygen atoms in total. The molecule has 0 radical (unpaired) electrons. The highest BCUT2D eigenvalue weighted by Crippen LogP contribution is 2.13. The number of hydrogen-bond donors (Lipinski definition) is 0. The average molecular weight is 284 g/mol. The molecule has 1 heterocycles. The number of ether oxygens (including phenoxy) is 3.